The summed E-state index contributed by atoms with van der Waals surface area (Å²) in [5.41, 5.74) is 3.94. The Morgan fingerprint density at radius 3 is 2.21 bits per heavy atom. The van der Waals surface area contributed by atoms with Crippen molar-refractivity contribution in [3.8, 4) is 0 Å². The van der Waals surface area contributed by atoms with Gasteiger partial charge >= 0.3 is 0 Å². The van der Waals surface area contributed by atoms with Crippen LogP contribution in [0.3, 0.4) is 0 Å². The molecule has 1 N–H and O–H groups in total. The summed E-state index contributed by atoms with van der Waals surface area (Å²) in [5, 5.41) is 3.64. The van der Waals surface area contributed by atoms with Gasteiger partial charge in [0.25, 0.3) is 10.0 Å². The smallest absolute Gasteiger partial charge is 0.264 e. The number of nitrogens with zero attached hydrogens (tertiary/aromatic N) is 2. The van der Waals surface area contributed by atoms with Crippen LogP contribution in [0.5, 0.6) is 0 Å². The maximum atomic E-state index is 14.7. The van der Waals surface area contributed by atoms with Gasteiger partial charge in [0.1, 0.15) is 12.6 Å². The van der Waals surface area contributed by atoms with E-state index in [0.717, 1.165) is 63.1 Å². The summed E-state index contributed by atoms with van der Waals surface area (Å²) in [6.07, 6.45) is 5.29. The third-order valence-corrected chi connectivity index (χ3v) is 11.5. The molecule has 0 radical (unpaired) electrons. The van der Waals surface area contributed by atoms with Crippen molar-refractivity contribution in [3.63, 3.8) is 0 Å². The van der Waals surface area contributed by atoms with Crippen LogP contribution in [0.2, 0.25) is 5.02 Å². The molecule has 0 spiro atoms. The van der Waals surface area contributed by atoms with Crippen molar-refractivity contribution >= 4 is 55.1 Å². The zero-order chi connectivity index (χ0) is 34.3. The van der Waals surface area contributed by atoms with Crippen molar-refractivity contribution < 1.29 is 18.0 Å². The normalized spacial score (nSPS) is 14.2. The van der Waals surface area contributed by atoms with Crippen LogP contribution >= 0.6 is 27.5 Å². The SMILES string of the molecule is Cc1ccc(N(CC(=O)N(Cc2cccc(Br)c2)C(Cc2ccccc2)C(=O)NC2CCCCC2)S(=O)(=O)c2ccc(Cl)cc2)cc1C. The number of nitrogens with one attached hydrogen (secondary N) is 1. The summed E-state index contributed by atoms with van der Waals surface area (Å²) in [6, 6.07) is 27.5. The van der Waals surface area contributed by atoms with Crippen molar-refractivity contribution in [2.24, 2.45) is 0 Å². The van der Waals surface area contributed by atoms with E-state index < -0.39 is 28.5 Å². The minimum absolute atomic E-state index is 0.00680. The molecule has 1 aliphatic carbocycles. The molecule has 2 amide bonds. The molecular weight excluding hydrogens is 710 g/mol. The fraction of sp³-hybridized carbons (Fsp3) is 0.316. The number of rotatable bonds is 12. The van der Waals surface area contributed by atoms with Crippen molar-refractivity contribution in [1.29, 1.82) is 0 Å². The van der Waals surface area contributed by atoms with Gasteiger partial charge in [-0.1, -0.05) is 95.3 Å². The number of amides is 2. The number of benzene rings is 4. The monoisotopic (exact) mass is 749 g/mol. The van der Waals surface area contributed by atoms with E-state index in [4.69, 9.17) is 11.6 Å². The summed E-state index contributed by atoms with van der Waals surface area (Å²) in [4.78, 5) is 30.5. The lowest BCUT2D eigenvalue weighted by atomic mass is 9.94. The van der Waals surface area contributed by atoms with Crippen LogP contribution in [-0.2, 0) is 32.6 Å². The molecule has 1 fully saturated rings. The standard InChI is InChI=1S/C38H41BrClN3O4S/c1-27-16-19-34(22-28(27)2)43(48(46,47)35-20-17-32(40)18-21-35)26-37(44)42(25-30-12-9-13-31(39)23-30)36(24-29-10-5-3-6-11-29)38(45)41-33-14-7-4-8-15-33/h3,5-6,9-13,16-23,33,36H,4,7-8,14-15,24-26H2,1-2H3,(H,41,45). The molecule has 48 heavy (non-hydrogen) atoms. The second-order valence-corrected chi connectivity index (χ2v) is 15.6. The number of carbonyl (C=O) groups is 2. The van der Waals surface area contributed by atoms with E-state index in [2.05, 4.69) is 21.2 Å². The minimum Gasteiger partial charge on any atom is -0.352 e. The Morgan fingerprint density at radius 1 is 0.854 bits per heavy atom. The lowest BCUT2D eigenvalue weighted by Gasteiger charge is -2.35. The fourth-order valence-electron chi connectivity index (χ4n) is 6.07. The van der Waals surface area contributed by atoms with Gasteiger partial charge in [0, 0.05) is 28.5 Å². The van der Waals surface area contributed by atoms with Gasteiger partial charge in [-0.05, 0) is 97.5 Å². The van der Waals surface area contributed by atoms with E-state index in [1.54, 1.807) is 17.0 Å². The Kier molecular flexibility index (Phi) is 12.0. The van der Waals surface area contributed by atoms with Crippen molar-refractivity contribution in [3.05, 3.63) is 129 Å². The first-order valence-electron chi connectivity index (χ1n) is 16.2. The molecule has 1 aliphatic rings. The minimum atomic E-state index is -4.22. The number of hydrogen-bond acceptors (Lipinski definition) is 4. The summed E-state index contributed by atoms with van der Waals surface area (Å²) in [7, 11) is -4.22. The van der Waals surface area contributed by atoms with Gasteiger partial charge in [-0.25, -0.2) is 8.42 Å². The van der Waals surface area contributed by atoms with E-state index in [-0.39, 0.29) is 29.8 Å². The molecule has 0 heterocycles. The van der Waals surface area contributed by atoms with Gasteiger partial charge in [0.15, 0.2) is 0 Å². The van der Waals surface area contributed by atoms with Crippen LogP contribution in [0, 0.1) is 13.8 Å². The molecule has 1 unspecified atom stereocenters. The average molecular weight is 751 g/mol. The predicted molar refractivity (Wildman–Crippen MR) is 196 cm³/mol. The van der Waals surface area contributed by atoms with Crippen molar-refractivity contribution in [1.82, 2.24) is 10.2 Å². The third-order valence-electron chi connectivity index (χ3n) is 8.92. The number of sulfonamides is 1. The summed E-state index contributed by atoms with van der Waals surface area (Å²) in [5.74, 6) is -0.738. The second-order valence-electron chi connectivity index (χ2n) is 12.4. The first-order chi connectivity index (χ1) is 23.0. The lowest BCUT2D eigenvalue weighted by molar-refractivity contribution is -0.140. The van der Waals surface area contributed by atoms with Crippen molar-refractivity contribution in [2.45, 2.75) is 75.9 Å². The molecule has 0 bridgehead atoms. The van der Waals surface area contributed by atoms with Gasteiger partial charge in [-0.2, -0.15) is 0 Å². The maximum absolute atomic E-state index is 14.7. The first kappa shape index (κ1) is 35.6. The molecule has 0 aliphatic heterocycles. The average Bonchev–Trinajstić information content (AvgIpc) is 3.07. The Balaban J connectivity index is 1.58. The van der Waals surface area contributed by atoms with Gasteiger partial charge in [-0.3, -0.25) is 13.9 Å². The van der Waals surface area contributed by atoms with E-state index >= 15 is 0 Å². The van der Waals surface area contributed by atoms with Crippen LogP contribution in [0.25, 0.3) is 0 Å². The molecule has 0 aromatic heterocycles. The van der Waals surface area contributed by atoms with Gasteiger partial charge in [0.05, 0.1) is 10.6 Å². The van der Waals surface area contributed by atoms with E-state index in [9.17, 15) is 18.0 Å². The lowest BCUT2D eigenvalue weighted by Crippen LogP contribution is -2.55. The summed E-state index contributed by atoms with van der Waals surface area (Å²) in [6.45, 7) is 3.44. The predicted octanol–water partition coefficient (Wildman–Crippen LogP) is 8.00. The molecule has 7 nitrogen and oxygen atoms in total. The van der Waals surface area contributed by atoms with Crippen LogP contribution in [0.4, 0.5) is 5.69 Å². The van der Waals surface area contributed by atoms with Crippen molar-refractivity contribution in [2.75, 3.05) is 10.8 Å². The van der Waals surface area contributed by atoms with Gasteiger partial charge in [-0.15, -0.1) is 0 Å². The van der Waals surface area contributed by atoms with E-state index in [0.29, 0.717) is 10.7 Å². The van der Waals surface area contributed by atoms with Crippen LogP contribution in [-0.4, -0.2) is 43.8 Å². The van der Waals surface area contributed by atoms with Crippen LogP contribution in [0.15, 0.2) is 106 Å². The third kappa shape index (κ3) is 9.07. The Morgan fingerprint density at radius 2 is 1.54 bits per heavy atom. The fourth-order valence-corrected chi connectivity index (χ4v) is 8.05. The highest BCUT2D eigenvalue weighted by Gasteiger charge is 2.35. The van der Waals surface area contributed by atoms with Gasteiger partial charge < -0.3 is 10.2 Å². The Labute approximate surface area is 297 Å². The largest absolute Gasteiger partial charge is 0.352 e. The highest BCUT2D eigenvalue weighted by Crippen LogP contribution is 2.28. The van der Waals surface area contributed by atoms with E-state index in [1.165, 1.54) is 24.3 Å². The molecule has 252 valence electrons. The number of hydrogen-bond donors (Lipinski definition) is 1. The molecule has 5 rings (SSSR count). The number of halogens is 2. The summed E-state index contributed by atoms with van der Waals surface area (Å²) < 4.78 is 30.5. The number of anilines is 1. The molecule has 1 atom stereocenters. The topological polar surface area (TPSA) is 86.8 Å². The Bertz CT molecular complexity index is 1830. The molecule has 1 saturated carbocycles. The summed E-state index contributed by atoms with van der Waals surface area (Å²) >= 11 is 9.64. The van der Waals surface area contributed by atoms with Gasteiger partial charge in [0.2, 0.25) is 11.8 Å². The van der Waals surface area contributed by atoms with Crippen LogP contribution in [0.1, 0.15) is 54.4 Å². The molecule has 0 saturated heterocycles. The number of aryl methyl sites for hydroxylation is 2. The number of carbonyl (C=O) groups excluding carboxylic acids is 2. The molecular formula is C38H41BrClN3O4S. The van der Waals surface area contributed by atoms with Crippen LogP contribution < -0.4 is 9.62 Å². The first-order valence-corrected chi connectivity index (χ1v) is 18.9. The quantitative estimate of drug-likeness (QED) is 0.159. The Hall–Kier alpha value is -3.66. The maximum Gasteiger partial charge on any atom is 0.264 e. The highest BCUT2D eigenvalue weighted by molar-refractivity contribution is 9.10. The second kappa shape index (κ2) is 16.2. The molecule has 4 aromatic carbocycles. The zero-order valence-corrected chi connectivity index (χ0v) is 30.4. The zero-order valence-electron chi connectivity index (χ0n) is 27.2. The highest BCUT2D eigenvalue weighted by atomic mass is 79.9. The molecule has 4 aromatic rings. The van der Waals surface area contributed by atoms with E-state index in [1.807, 2.05) is 74.5 Å². The molecule has 10 heteroatoms.